The Morgan fingerprint density at radius 2 is 1.74 bits per heavy atom. The zero-order valence-electron chi connectivity index (χ0n) is 19.5. The average Bonchev–Trinajstić information content (AvgIpc) is 3.17. The van der Waals surface area contributed by atoms with Crippen LogP contribution in [0.5, 0.6) is 0 Å². The highest BCUT2D eigenvalue weighted by Crippen LogP contribution is 2.19. The lowest BCUT2D eigenvalue weighted by Crippen LogP contribution is -2.56. The molecular weight excluding hydrogens is 442 g/mol. The molecule has 0 aliphatic rings. The van der Waals surface area contributed by atoms with Gasteiger partial charge in [-0.3, -0.25) is 14.4 Å². The molecule has 11 nitrogen and oxygen atoms in total. The number of hydrogen-bond donors (Lipinski definition) is 7. The Kier molecular flexibility index (Phi) is 9.58. The van der Waals surface area contributed by atoms with E-state index in [0.717, 1.165) is 16.5 Å². The van der Waals surface area contributed by atoms with Crippen LogP contribution in [0, 0.1) is 5.92 Å². The Bertz CT molecular complexity index is 1020. The van der Waals surface area contributed by atoms with Gasteiger partial charge in [-0.25, -0.2) is 4.79 Å². The first-order valence-electron chi connectivity index (χ1n) is 11.1. The molecule has 3 amide bonds. The highest BCUT2D eigenvalue weighted by molar-refractivity contribution is 5.93. The minimum Gasteiger partial charge on any atom is -0.480 e. The van der Waals surface area contributed by atoms with Crippen LogP contribution in [0.1, 0.15) is 32.8 Å². The molecule has 0 saturated heterocycles. The van der Waals surface area contributed by atoms with Crippen molar-refractivity contribution in [1.82, 2.24) is 20.9 Å². The molecule has 4 unspecified atom stereocenters. The number of aliphatic hydroxyl groups is 1. The molecule has 186 valence electrons. The Morgan fingerprint density at radius 3 is 2.35 bits per heavy atom. The number of aliphatic carboxylic acids is 1. The Labute approximate surface area is 197 Å². The molecule has 0 radical (unpaired) electrons. The van der Waals surface area contributed by atoms with Crippen LogP contribution in [0.3, 0.4) is 0 Å². The fourth-order valence-corrected chi connectivity index (χ4v) is 3.53. The number of benzene rings is 1. The van der Waals surface area contributed by atoms with Gasteiger partial charge in [0.15, 0.2) is 6.04 Å². The number of fused-ring (bicyclic) bond motifs is 1. The predicted molar refractivity (Wildman–Crippen MR) is 126 cm³/mol. The van der Waals surface area contributed by atoms with Gasteiger partial charge in [-0.15, -0.1) is 0 Å². The Morgan fingerprint density at radius 1 is 1.06 bits per heavy atom. The second-order valence-corrected chi connectivity index (χ2v) is 8.70. The van der Waals surface area contributed by atoms with Crippen molar-refractivity contribution in [3.05, 3.63) is 36.0 Å². The van der Waals surface area contributed by atoms with Crippen molar-refractivity contribution in [2.75, 3.05) is 6.54 Å². The molecule has 0 aliphatic heterocycles. The second kappa shape index (κ2) is 12.1. The first-order valence-corrected chi connectivity index (χ1v) is 11.1. The number of carboxylic acid groups (broad SMARTS) is 1. The number of carboxylic acids is 1. The van der Waals surface area contributed by atoms with Crippen molar-refractivity contribution < 1.29 is 29.4 Å². The van der Waals surface area contributed by atoms with Gasteiger partial charge in [0.05, 0.1) is 18.7 Å². The molecule has 2 aromatic rings. The molecule has 1 heterocycles. The first kappa shape index (κ1) is 26.8. The van der Waals surface area contributed by atoms with E-state index in [-0.39, 0.29) is 12.3 Å². The molecule has 0 fully saturated rings. The molecule has 1 aromatic carbocycles. The summed E-state index contributed by atoms with van der Waals surface area (Å²) in [5.41, 5.74) is 7.38. The van der Waals surface area contributed by atoms with E-state index in [1.165, 1.54) is 6.92 Å². The van der Waals surface area contributed by atoms with Gasteiger partial charge in [0.2, 0.25) is 17.7 Å². The molecule has 2 rings (SSSR count). The summed E-state index contributed by atoms with van der Waals surface area (Å²) < 4.78 is 0. The number of nitrogens with two attached hydrogens (primary N) is 1. The van der Waals surface area contributed by atoms with Crippen LogP contribution in [-0.2, 0) is 25.6 Å². The standard InChI is InChI=1S/C23H33N5O6/c1-12(2)8-16(24)21(31)26-11-19(30)27-18(22(32)28-20(13(3)29)23(33)34)9-14-10-25-17-7-5-4-6-15(14)17/h4-7,10,12-13,16,18,20,25,29H,8-9,11,24H2,1-3H3,(H,26,31)(H,27,30)(H,28,32)(H,33,34). The van der Waals surface area contributed by atoms with Gasteiger partial charge in [0.25, 0.3) is 0 Å². The summed E-state index contributed by atoms with van der Waals surface area (Å²) >= 11 is 0. The third-order valence-electron chi connectivity index (χ3n) is 5.28. The number of amides is 3. The molecule has 0 spiro atoms. The first-order chi connectivity index (χ1) is 16.0. The van der Waals surface area contributed by atoms with Crippen LogP contribution in [-0.4, -0.2) is 69.7 Å². The molecule has 11 heteroatoms. The third kappa shape index (κ3) is 7.56. The third-order valence-corrected chi connectivity index (χ3v) is 5.28. The Balaban J connectivity index is 2.14. The van der Waals surface area contributed by atoms with E-state index in [0.29, 0.717) is 6.42 Å². The molecule has 8 N–H and O–H groups in total. The summed E-state index contributed by atoms with van der Waals surface area (Å²) in [7, 11) is 0. The molecular formula is C23H33N5O6. The van der Waals surface area contributed by atoms with Crippen LogP contribution in [0.25, 0.3) is 10.9 Å². The van der Waals surface area contributed by atoms with E-state index in [4.69, 9.17) is 5.73 Å². The normalized spacial score (nSPS) is 14.8. The average molecular weight is 476 g/mol. The zero-order valence-corrected chi connectivity index (χ0v) is 19.5. The van der Waals surface area contributed by atoms with Crippen LogP contribution < -0.4 is 21.7 Å². The number of nitrogens with one attached hydrogen (secondary N) is 4. The minimum atomic E-state index is -1.55. The van der Waals surface area contributed by atoms with Gasteiger partial charge in [-0.2, -0.15) is 0 Å². The monoisotopic (exact) mass is 475 g/mol. The van der Waals surface area contributed by atoms with E-state index in [2.05, 4.69) is 20.9 Å². The number of aromatic amines is 1. The number of para-hydroxylation sites is 1. The van der Waals surface area contributed by atoms with Crippen molar-refractivity contribution in [1.29, 1.82) is 0 Å². The summed E-state index contributed by atoms with van der Waals surface area (Å²) in [6.45, 7) is 4.68. The van der Waals surface area contributed by atoms with E-state index in [1.807, 2.05) is 38.1 Å². The molecule has 0 aliphatic carbocycles. The van der Waals surface area contributed by atoms with Crippen molar-refractivity contribution in [3.8, 4) is 0 Å². The number of aromatic nitrogens is 1. The summed E-state index contributed by atoms with van der Waals surface area (Å²) in [4.78, 5) is 52.0. The molecule has 4 atom stereocenters. The predicted octanol–water partition coefficient (Wildman–Crippen LogP) is -0.365. The number of carbonyl (C=O) groups excluding carboxylic acids is 3. The van der Waals surface area contributed by atoms with Gasteiger partial charge in [0.1, 0.15) is 6.04 Å². The van der Waals surface area contributed by atoms with Crippen molar-refractivity contribution in [2.24, 2.45) is 11.7 Å². The quantitative estimate of drug-likeness (QED) is 0.218. The topological polar surface area (TPSA) is 187 Å². The number of aliphatic hydroxyl groups excluding tert-OH is 1. The van der Waals surface area contributed by atoms with Crippen molar-refractivity contribution in [2.45, 2.75) is 57.8 Å². The SMILES string of the molecule is CC(C)CC(N)C(=O)NCC(=O)NC(Cc1c[nH]c2ccccc12)C(=O)NC(C(=O)O)C(C)O. The highest BCUT2D eigenvalue weighted by atomic mass is 16.4. The molecule has 0 saturated carbocycles. The van der Waals surface area contributed by atoms with E-state index in [9.17, 15) is 29.4 Å². The number of hydrogen-bond acceptors (Lipinski definition) is 6. The number of H-pyrrole nitrogens is 1. The lowest BCUT2D eigenvalue weighted by molar-refractivity contribution is -0.145. The maximum Gasteiger partial charge on any atom is 0.328 e. The summed E-state index contributed by atoms with van der Waals surface area (Å²) in [5, 5.41) is 27.1. The number of rotatable bonds is 12. The van der Waals surface area contributed by atoms with Gasteiger partial charge in [-0.1, -0.05) is 32.0 Å². The van der Waals surface area contributed by atoms with E-state index < -0.39 is 54.5 Å². The zero-order chi connectivity index (χ0) is 25.4. The van der Waals surface area contributed by atoms with Crippen LogP contribution in [0.15, 0.2) is 30.5 Å². The van der Waals surface area contributed by atoms with E-state index >= 15 is 0 Å². The molecule has 1 aromatic heterocycles. The van der Waals surface area contributed by atoms with Gasteiger partial charge >= 0.3 is 5.97 Å². The summed E-state index contributed by atoms with van der Waals surface area (Å²) in [5.74, 6) is -3.12. The fraction of sp³-hybridized carbons (Fsp3) is 0.478. The number of carbonyl (C=O) groups is 4. The van der Waals surface area contributed by atoms with Crippen molar-refractivity contribution >= 4 is 34.6 Å². The van der Waals surface area contributed by atoms with E-state index in [1.54, 1.807) is 6.20 Å². The lowest BCUT2D eigenvalue weighted by atomic mass is 10.0. The molecule has 0 bridgehead atoms. The lowest BCUT2D eigenvalue weighted by Gasteiger charge is -2.23. The second-order valence-electron chi connectivity index (χ2n) is 8.70. The Hall–Kier alpha value is -3.44. The van der Waals surface area contributed by atoms with Crippen LogP contribution in [0.2, 0.25) is 0 Å². The van der Waals surface area contributed by atoms with Crippen LogP contribution in [0.4, 0.5) is 0 Å². The largest absolute Gasteiger partial charge is 0.480 e. The van der Waals surface area contributed by atoms with Gasteiger partial charge in [0, 0.05) is 23.5 Å². The fourth-order valence-electron chi connectivity index (χ4n) is 3.53. The van der Waals surface area contributed by atoms with Crippen LogP contribution >= 0.6 is 0 Å². The maximum absolute atomic E-state index is 12.9. The van der Waals surface area contributed by atoms with Gasteiger partial charge < -0.3 is 36.9 Å². The summed E-state index contributed by atoms with van der Waals surface area (Å²) in [6.07, 6.45) is 0.851. The summed E-state index contributed by atoms with van der Waals surface area (Å²) in [6, 6.07) is 3.91. The van der Waals surface area contributed by atoms with Crippen molar-refractivity contribution in [3.63, 3.8) is 0 Å². The maximum atomic E-state index is 12.9. The molecule has 34 heavy (non-hydrogen) atoms. The highest BCUT2D eigenvalue weighted by Gasteiger charge is 2.30. The minimum absolute atomic E-state index is 0.0501. The van der Waals surface area contributed by atoms with Gasteiger partial charge in [-0.05, 0) is 30.9 Å². The smallest absolute Gasteiger partial charge is 0.328 e.